The van der Waals surface area contributed by atoms with E-state index in [0.717, 1.165) is 0 Å². The Hall–Kier alpha value is 0.394. The first kappa shape index (κ1) is 5.53. The zero-order chi connectivity index (χ0) is 5.71. The Morgan fingerprint density at radius 1 is 1.29 bits per heavy atom. The van der Waals surface area contributed by atoms with E-state index in [1.165, 1.54) is 20.5 Å². The molecule has 1 rings (SSSR count). The maximum atomic E-state index is 5.42. The van der Waals surface area contributed by atoms with Crippen LogP contribution in [0, 0.1) is 0 Å². The van der Waals surface area contributed by atoms with Gasteiger partial charge >= 0.3 is 0 Å². The molecule has 1 nitrogen and oxygen atoms in total. The van der Waals surface area contributed by atoms with Gasteiger partial charge in [-0.15, -0.1) is 0 Å². The number of rotatable bonds is 0. The highest BCUT2D eigenvalue weighted by molar-refractivity contribution is 6.42. The summed E-state index contributed by atoms with van der Waals surface area (Å²) >= 11 is 0. The summed E-state index contributed by atoms with van der Waals surface area (Å²) in [6.07, 6.45) is 0. The van der Waals surface area contributed by atoms with Gasteiger partial charge in [0.25, 0.3) is 0 Å². The maximum Gasteiger partial charge on any atom is 0.0836 e. The van der Waals surface area contributed by atoms with Gasteiger partial charge in [-0.3, -0.25) is 0 Å². The lowest BCUT2D eigenvalue weighted by molar-refractivity contribution is 0.332. The Balaban J connectivity index is 2.59. The molecule has 0 saturated carbocycles. The topological polar surface area (TPSA) is 12.5 Å². The minimum Gasteiger partial charge on any atom is -0.373 e. The van der Waals surface area contributed by atoms with Crippen LogP contribution in [0.25, 0.3) is 0 Å². The predicted molar refractivity (Wildman–Crippen MR) is 37.8 cm³/mol. The van der Waals surface area contributed by atoms with Crippen molar-refractivity contribution >= 4 is 20.5 Å². The van der Waals surface area contributed by atoms with E-state index >= 15 is 0 Å². The van der Waals surface area contributed by atoms with E-state index in [0.29, 0.717) is 4.85 Å². The molecular formula is C4H12OSi2. The number of hydrogen-bond donors (Lipinski definition) is 0. The molecule has 1 aliphatic heterocycles. The van der Waals surface area contributed by atoms with E-state index in [2.05, 4.69) is 13.8 Å². The fourth-order valence-corrected chi connectivity index (χ4v) is 1.63. The summed E-state index contributed by atoms with van der Waals surface area (Å²) in [6, 6.07) is 0. The van der Waals surface area contributed by atoms with Gasteiger partial charge in [-0.25, -0.2) is 0 Å². The van der Waals surface area contributed by atoms with Crippen molar-refractivity contribution < 1.29 is 4.74 Å². The Kier molecular flexibility index (Phi) is 0.819. The van der Waals surface area contributed by atoms with Crippen LogP contribution in [0.5, 0.6) is 0 Å². The molecule has 0 N–H and O–H groups in total. The van der Waals surface area contributed by atoms with Crippen molar-refractivity contribution in [1.82, 2.24) is 0 Å². The second kappa shape index (κ2) is 1.04. The van der Waals surface area contributed by atoms with Crippen LogP contribution in [-0.4, -0.2) is 30.9 Å². The van der Waals surface area contributed by atoms with E-state index in [-0.39, 0.29) is 5.60 Å². The molecule has 0 aromatic heterocycles. The van der Waals surface area contributed by atoms with Crippen LogP contribution in [0.4, 0.5) is 0 Å². The standard InChI is InChI=1S/C4H12OSi2/c1-3(2)4(6,7)5-3/h1-2,6-7H3. The fourth-order valence-electron chi connectivity index (χ4n) is 0.612. The molecule has 7 heavy (non-hydrogen) atoms. The van der Waals surface area contributed by atoms with E-state index in [1.807, 2.05) is 0 Å². The van der Waals surface area contributed by atoms with Crippen molar-refractivity contribution in [1.29, 1.82) is 0 Å². The third-order valence-electron chi connectivity index (χ3n) is 1.92. The highest BCUT2D eigenvalue weighted by atomic mass is 28.2. The average Bonchev–Trinajstić information content (AvgIpc) is 1.63. The molecule has 42 valence electrons. The normalized spacial score (nSPS) is 47.1. The molecule has 0 aromatic rings. The van der Waals surface area contributed by atoms with Crippen LogP contribution in [0.2, 0.25) is 0 Å². The summed E-state index contributed by atoms with van der Waals surface area (Å²) in [7, 11) is 2.43. The van der Waals surface area contributed by atoms with Gasteiger partial charge in [-0.05, 0) is 13.8 Å². The highest BCUT2D eigenvalue weighted by Gasteiger charge is 2.55. The molecule has 0 bridgehead atoms. The lowest BCUT2D eigenvalue weighted by atomic mass is 10.2. The Morgan fingerprint density at radius 3 is 1.43 bits per heavy atom. The summed E-state index contributed by atoms with van der Waals surface area (Å²) in [5.74, 6) is 0. The maximum absolute atomic E-state index is 5.42. The van der Waals surface area contributed by atoms with Gasteiger partial charge in [0, 0.05) is 20.5 Å². The summed E-state index contributed by atoms with van der Waals surface area (Å²) in [5.41, 5.74) is 0.269. The molecule has 1 heterocycles. The van der Waals surface area contributed by atoms with E-state index in [1.54, 1.807) is 0 Å². The minimum atomic E-state index is 0.269. The van der Waals surface area contributed by atoms with Gasteiger partial charge in [0.15, 0.2) is 0 Å². The van der Waals surface area contributed by atoms with Gasteiger partial charge in [0.1, 0.15) is 0 Å². The predicted octanol–water partition coefficient (Wildman–Crippen LogP) is -1.82. The molecule has 0 spiro atoms. The highest BCUT2D eigenvalue weighted by Crippen LogP contribution is 2.41. The Bertz CT molecular complexity index is 85.9. The van der Waals surface area contributed by atoms with Gasteiger partial charge < -0.3 is 4.74 Å². The van der Waals surface area contributed by atoms with Crippen LogP contribution >= 0.6 is 0 Å². The second-order valence-corrected chi connectivity index (χ2v) is 8.94. The minimum absolute atomic E-state index is 0.269. The van der Waals surface area contributed by atoms with E-state index in [9.17, 15) is 0 Å². The van der Waals surface area contributed by atoms with E-state index in [4.69, 9.17) is 4.74 Å². The van der Waals surface area contributed by atoms with Gasteiger partial charge in [0.05, 0.1) is 10.4 Å². The quantitative estimate of drug-likeness (QED) is 0.279. The fraction of sp³-hybridized carbons (Fsp3) is 1.00. The van der Waals surface area contributed by atoms with Crippen LogP contribution in [0.15, 0.2) is 0 Å². The van der Waals surface area contributed by atoms with Gasteiger partial charge in [-0.2, -0.15) is 0 Å². The molecule has 1 fully saturated rings. The molecular weight excluding hydrogens is 120 g/mol. The van der Waals surface area contributed by atoms with Crippen molar-refractivity contribution in [2.75, 3.05) is 0 Å². The van der Waals surface area contributed by atoms with Crippen molar-refractivity contribution in [2.24, 2.45) is 0 Å². The van der Waals surface area contributed by atoms with Gasteiger partial charge in [-0.1, -0.05) is 0 Å². The first-order valence-electron chi connectivity index (χ1n) is 2.66. The second-order valence-electron chi connectivity index (χ2n) is 3.12. The van der Waals surface area contributed by atoms with E-state index < -0.39 is 0 Å². The number of epoxide rings is 1. The Morgan fingerprint density at radius 2 is 1.43 bits per heavy atom. The number of ether oxygens (including phenoxy) is 1. The third-order valence-corrected chi connectivity index (χ3v) is 4.74. The zero-order valence-electron chi connectivity index (χ0n) is 5.41. The van der Waals surface area contributed by atoms with Crippen LogP contribution < -0.4 is 0 Å². The molecule has 1 saturated heterocycles. The lowest BCUT2D eigenvalue weighted by Gasteiger charge is -1.95. The smallest absolute Gasteiger partial charge is 0.0836 e. The summed E-state index contributed by atoms with van der Waals surface area (Å²) in [6.45, 7) is 4.35. The van der Waals surface area contributed by atoms with Crippen LogP contribution in [0.3, 0.4) is 0 Å². The molecule has 0 amide bonds. The van der Waals surface area contributed by atoms with Crippen molar-refractivity contribution in [3.63, 3.8) is 0 Å². The van der Waals surface area contributed by atoms with Crippen molar-refractivity contribution in [3.05, 3.63) is 0 Å². The first-order valence-corrected chi connectivity index (χ1v) is 4.66. The molecule has 1 aliphatic rings. The van der Waals surface area contributed by atoms with Gasteiger partial charge in [0.2, 0.25) is 0 Å². The van der Waals surface area contributed by atoms with Crippen LogP contribution in [-0.2, 0) is 4.74 Å². The lowest BCUT2D eigenvalue weighted by Crippen LogP contribution is -2.20. The SMILES string of the molecule is CC1(C)OC1([SiH3])[SiH3]. The molecule has 0 atom stereocenters. The zero-order valence-corrected chi connectivity index (χ0v) is 9.41. The van der Waals surface area contributed by atoms with Crippen LogP contribution in [0.1, 0.15) is 13.8 Å². The largest absolute Gasteiger partial charge is 0.373 e. The molecule has 0 radical (unpaired) electrons. The van der Waals surface area contributed by atoms with Crippen molar-refractivity contribution in [2.45, 2.75) is 24.3 Å². The molecule has 0 aromatic carbocycles. The summed E-state index contributed by atoms with van der Waals surface area (Å²) in [4.78, 5) is 0.424. The third kappa shape index (κ3) is 0.688. The monoisotopic (exact) mass is 132 g/mol. The molecule has 0 aliphatic carbocycles. The first-order chi connectivity index (χ1) is 2.96. The average molecular weight is 132 g/mol. The Labute approximate surface area is 50.3 Å². The summed E-state index contributed by atoms with van der Waals surface area (Å²) in [5, 5.41) is 0. The number of hydrogen-bond acceptors (Lipinski definition) is 1. The molecule has 0 unspecified atom stereocenters. The summed E-state index contributed by atoms with van der Waals surface area (Å²) < 4.78 is 5.42. The molecule has 3 heteroatoms. The van der Waals surface area contributed by atoms with Crippen molar-refractivity contribution in [3.8, 4) is 0 Å².